The first-order valence-electron chi connectivity index (χ1n) is 6.99. The average Bonchev–Trinajstić information content (AvgIpc) is 2.38. The number of aromatic hydroxyl groups is 1. The number of phenolic OH excluding ortho intramolecular Hbond substituents is 1. The van der Waals surface area contributed by atoms with Crippen LogP contribution in [0.15, 0.2) is 18.2 Å². The summed E-state index contributed by atoms with van der Waals surface area (Å²) in [5, 5.41) is 19.5. The molecule has 0 bridgehead atoms. The summed E-state index contributed by atoms with van der Waals surface area (Å²) in [6, 6.07) is 6.14. The van der Waals surface area contributed by atoms with Crippen LogP contribution in [-0.2, 0) is 0 Å². The van der Waals surface area contributed by atoms with Gasteiger partial charge in [-0.1, -0.05) is 6.07 Å². The van der Waals surface area contributed by atoms with Gasteiger partial charge in [0.05, 0.1) is 6.10 Å². The second-order valence-corrected chi connectivity index (χ2v) is 5.54. The van der Waals surface area contributed by atoms with Gasteiger partial charge >= 0.3 is 0 Å². The Balaban J connectivity index is 2.06. The average molecular weight is 264 g/mol. The maximum atomic E-state index is 9.94. The number of anilines is 1. The molecule has 0 radical (unpaired) electrons. The third-order valence-corrected chi connectivity index (χ3v) is 3.87. The van der Waals surface area contributed by atoms with Crippen molar-refractivity contribution in [2.75, 3.05) is 31.1 Å². The van der Waals surface area contributed by atoms with E-state index in [1.807, 2.05) is 12.1 Å². The summed E-state index contributed by atoms with van der Waals surface area (Å²) in [5.74, 6) is 0.179. The molecule has 1 unspecified atom stereocenters. The molecule has 0 aromatic heterocycles. The third kappa shape index (κ3) is 3.19. The van der Waals surface area contributed by atoms with Gasteiger partial charge in [0, 0.05) is 49.5 Å². The largest absolute Gasteiger partial charge is 0.507 e. The number of aliphatic hydroxyl groups is 1. The van der Waals surface area contributed by atoms with Gasteiger partial charge in [-0.05, 0) is 26.8 Å². The zero-order valence-corrected chi connectivity index (χ0v) is 12.0. The van der Waals surface area contributed by atoms with Gasteiger partial charge in [-0.2, -0.15) is 0 Å². The highest BCUT2D eigenvalue weighted by atomic mass is 16.3. The molecule has 1 heterocycles. The molecule has 106 valence electrons. The van der Waals surface area contributed by atoms with Crippen LogP contribution >= 0.6 is 0 Å². The molecule has 1 aliphatic heterocycles. The highest BCUT2D eigenvalue weighted by Gasteiger charge is 2.19. The molecule has 1 aromatic carbocycles. The molecule has 19 heavy (non-hydrogen) atoms. The van der Waals surface area contributed by atoms with E-state index >= 15 is 0 Å². The quantitative estimate of drug-likeness (QED) is 0.876. The molecule has 0 aliphatic carbocycles. The van der Waals surface area contributed by atoms with E-state index in [-0.39, 0.29) is 5.75 Å². The number of phenols is 1. The van der Waals surface area contributed by atoms with Gasteiger partial charge in [-0.25, -0.2) is 0 Å². The maximum absolute atomic E-state index is 9.94. The van der Waals surface area contributed by atoms with Crippen LogP contribution in [0.4, 0.5) is 5.69 Å². The lowest BCUT2D eigenvalue weighted by Gasteiger charge is -2.38. The first-order valence-corrected chi connectivity index (χ1v) is 6.99. The molecule has 2 N–H and O–H groups in total. The van der Waals surface area contributed by atoms with Crippen molar-refractivity contribution in [2.24, 2.45) is 0 Å². The first-order chi connectivity index (χ1) is 8.99. The molecule has 1 fully saturated rings. The van der Waals surface area contributed by atoms with Gasteiger partial charge < -0.3 is 15.1 Å². The standard InChI is InChI=1S/C15H24N2O2/c1-11(2)16-6-8-17(9-7-16)13-4-5-14(12(3)18)15(19)10-13/h4-5,10-12,18-19H,6-9H2,1-3H3. The van der Waals surface area contributed by atoms with Crippen LogP contribution in [0.1, 0.15) is 32.4 Å². The lowest BCUT2D eigenvalue weighted by atomic mass is 10.1. The Hall–Kier alpha value is -1.26. The van der Waals surface area contributed by atoms with Crippen molar-refractivity contribution < 1.29 is 10.2 Å². The normalized spacial score (nSPS) is 18.9. The van der Waals surface area contributed by atoms with E-state index in [4.69, 9.17) is 0 Å². The number of piperazine rings is 1. The Labute approximate surface area is 115 Å². The zero-order valence-electron chi connectivity index (χ0n) is 12.0. The van der Waals surface area contributed by atoms with Gasteiger partial charge in [0.25, 0.3) is 0 Å². The second kappa shape index (κ2) is 5.80. The lowest BCUT2D eigenvalue weighted by molar-refractivity contribution is 0.195. The molecule has 0 amide bonds. The van der Waals surface area contributed by atoms with Crippen molar-refractivity contribution in [3.63, 3.8) is 0 Å². The van der Waals surface area contributed by atoms with E-state index in [0.717, 1.165) is 31.9 Å². The number of hydrogen-bond acceptors (Lipinski definition) is 4. The first kappa shape index (κ1) is 14.2. The number of benzene rings is 1. The molecular formula is C15H24N2O2. The molecule has 0 spiro atoms. The number of hydrogen-bond donors (Lipinski definition) is 2. The molecule has 1 aromatic rings. The molecule has 4 heteroatoms. The van der Waals surface area contributed by atoms with Gasteiger partial charge in [0.2, 0.25) is 0 Å². The molecular weight excluding hydrogens is 240 g/mol. The van der Waals surface area contributed by atoms with E-state index < -0.39 is 6.10 Å². The van der Waals surface area contributed by atoms with Crippen LogP contribution in [0.25, 0.3) is 0 Å². The summed E-state index contributed by atoms with van der Waals surface area (Å²) in [5.41, 5.74) is 1.62. The predicted octanol–water partition coefficient (Wildman–Crippen LogP) is 1.98. The molecule has 1 atom stereocenters. The van der Waals surface area contributed by atoms with Crippen molar-refractivity contribution in [1.29, 1.82) is 0 Å². The van der Waals surface area contributed by atoms with Crippen molar-refractivity contribution >= 4 is 5.69 Å². The zero-order chi connectivity index (χ0) is 14.0. The van der Waals surface area contributed by atoms with Crippen LogP contribution < -0.4 is 4.90 Å². The minimum atomic E-state index is -0.633. The Kier molecular flexibility index (Phi) is 4.32. The summed E-state index contributed by atoms with van der Waals surface area (Å²) in [6.07, 6.45) is -0.633. The number of nitrogens with zero attached hydrogens (tertiary/aromatic N) is 2. The summed E-state index contributed by atoms with van der Waals surface area (Å²) >= 11 is 0. The fraction of sp³-hybridized carbons (Fsp3) is 0.600. The van der Waals surface area contributed by atoms with Gasteiger partial charge in [0.15, 0.2) is 0 Å². The number of aliphatic hydroxyl groups excluding tert-OH is 1. The van der Waals surface area contributed by atoms with Crippen molar-refractivity contribution in [3.8, 4) is 5.75 Å². The SMILES string of the molecule is CC(O)c1ccc(N2CCN(C(C)C)CC2)cc1O. The van der Waals surface area contributed by atoms with Gasteiger partial charge in [0.1, 0.15) is 5.75 Å². The molecule has 1 saturated heterocycles. The minimum Gasteiger partial charge on any atom is -0.507 e. The Morgan fingerprint density at radius 3 is 2.16 bits per heavy atom. The molecule has 4 nitrogen and oxygen atoms in total. The van der Waals surface area contributed by atoms with Crippen LogP contribution in [0.3, 0.4) is 0 Å². The number of rotatable bonds is 3. The maximum Gasteiger partial charge on any atom is 0.123 e. The van der Waals surface area contributed by atoms with E-state index in [1.54, 1.807) is 13.0 Å². The van der Waals surface area contributed by atoms with Crippen molar-refractivity contribution in [3.05, 3.63) is 23.8 Å². The summed E-state index contributed by atoms with van der Waals surface area (Å²) in [4.78, 5) is 4.74. The third-order valence-electron chi connectivity index (χ3n) is 3.87. The fourth-order valence-corrected chi connectivity index (χ4v) is 2.58. The molecule has 1 aliphatic rings. The lowest BCUT2D eigenvalue weighted by Crippen LogP contribution is -2.48. The van der Waals surface area contributed by atoms with E-state index in [9.17, 15) is 10.2 Å². The predicted molar refractivity (Wildman–Crippen MR) is 77.7 cm³/mol. The summed E-state index contributed by atoms with van der Waals surface area (Å²) in [6.45, 7) is 10.2. The van der Waals surface area contributed by atoms with E-state index in [2.05, 4.69) is 23.6 Å². The highest BCUT2D eigenvalue weighted by molar-refractivity contribution is 5.54. The smallest absolute Gasteiger partial charge is 0.123 e. The molecule has 2 rings (SSSR count). The second-order valence-electron chi connectivity index (χ2n) is 5.54. The Bertz CT molecular complexity index is 424. The Morgan fingerprint density at radius 1 is 1.05 bits per heavy atom. The van der Waals surface area contributed by atoms with Crippen molar-refractivity contribution in [1.82, 2.24) is 4.90 Å². The van der Waals surface area contributed by atoms with Crippen LogP contribution in [0, 0.1) is 0 Å². The van der Waals surface area contributed by atoms with Crippen LogP contribution in [-0.4, -0.2) is 47.3 Å². The fourth-order valence-electron chi connectivity index (χ4n) is 2.58. The topological polar surface area (TPSA) is 46.9 Å². The van der Waals surface area contributed by atoms with Crippen LogP contribution in [0.2, 0.25) is 0 Å². The molecule has 0 saturated carbocycles. The van der Waals surface area contributed by atoms with E-state index in [1.165, 1.54) is 0 Å². The summed E-state index contributed by atoms with van der Waals surface area (Å²) in [7, 11) is 0. The van der Waals surface area contributed by atoms with Crippen LogP contribution in [0.5, 0.6) is 5.75 Å². The van der Waals surface area contributed by atoms with Gasteiger partial charge in [-0.3, -0.25) is 4.90 Å². The summed E-state index contributed by atoms with van der Waals surface area (Å²) < 4.78 is 0. The minimum absolute atomic E-state index is 0.179. The van der Waals surface area contributed by atoms with Crippen molar-refractivity contribution in [2.45, 2.75) is 32.9 Å². The van der Waals surface area contributed by atoms with Gasteiger partial charge in [-0.15, -0.1) is 0 Å². The monoisotopic (exact) mass is 264 g/mol. The highest BCUT2D eigenvalue weighted by Crippen LogP contribution is 2.29. The Morgan fingerprint density at radius 2 is 1.68 bits per heavy atom. The van der Waals surface area contributed by atoms with E-state index in [0.29, 0.717) is 11.6 Å².